The maximum absolute atomic E-state index is 14.2. The Bertz CT molecular complexity index is 1330. The van der Waals surface area contributed by atoms with Gasteiger partial charge in [0, 0.05) is 50.6 Å². The van der Waals surface area contributed by atoms with Crippen LogP contribution in [0.3, 0.4) is 0 Å². The number of piperazine rings is 1. The Hall–Kier alpha value is -3.78. The minimum absolute atomic E-state index is 0.198. The summed E-state index contributed by atoms with van der Waals surface area (Å²) in [5.74, 6) is -0.826. The molecule has 1 aromatic carbocycles. The van der Waals surface area contributed by atoms with Gasteiger partial charge in [0.2, 0.25) is 5.88 Å². The molecular weight excluding hydrogens is 433 g/mol. The number of fused-ring (bicyclic) bond motifs is 1. The average Bonchev–Trinajstić information content (AvgIpc) is 3.23. The number of amides is 1. The van der Waals surface area contributed by atoms with Gasteiger partial charge in [0.25, 0.3) is 5.91 Å². The van der Waals surface area contributed by atoms with E-state index in [0.29, 0.717) is 32.7 Å². The molecule has 1 amide bonds. The van der Waals surface area contributed by atoms with E-state index in [2.05, 4.69) is 45.5 Å². The number of hydrogen-bond donors (Lipinski definition) is 0. The number of nitrogens with zero attached hydrogens (tertiary/aromatic N) is 5. The van der Waals surface area contributed by atoms with Gasteiger partial charge in [-0.15, -0.1) is 0 Å². The van der Waals surface area contributed by atoms with E-state index < -0.39 is 11.7 Å². The average molecular weight is 460 g/mol. The maximum Gasteiger partial charge on any atom is 0.275 e. The second kappa shape index (κ2) is 9.23. The Morgan fingerprint density at radius 3 is 2.50 bits per heavy atom. The summed E-state index contributed by atoms with van der Waals surface area (Å²) in [6, 6.07) is 17.0. The zero-order valence-electron chi connectivity index (χ0n) is 19.2. The molecule has 0 radical (unpaired) electrons. The molecule has 0 spiro atoms. The number of aromatic nitrogens is 3. The molecular formula is C26H26FN5O2. The molecule has 4 heterocycles. The molecule has 3 aromatic heterocycles. The summed E-state index contributed by atoms with van der Waals surface area (Å²) in [7, 11) is 1.44. The third-order valence-corrected chi connectivity index (χ3v) is 6.22. The van der Waals surface area contributed by atoms with Crippen LogP contribution in [0.4, 0.5) is 4.39 Å². The quantitative estimate of drug-likeness (QED) is 0.454. The maximum atomic E-state index is 14.2. The van der Waals surface area contributed by atoms with Crippen LogP contribution in [0.25, 0.3) is 16.9 Å². The minimum Gasteiger partial charge on any atom is -0.481 e. The van der Waals surface area contributed by atoms with Crippen molar-refractivity contribution >= 4 is 11.6 Å². The number of imidazole rings is 1. The van der Waals surface area contributed by atoms with Crippen molar-refractivity contribution in [3.8, 4) is 17.1 Å². The fourth-order valence-electron chi connectivity index (χ4n) is 4.30. The lowest BCUT2D eigenvalue weighted by Crippen LogP contribution is -2.48. The number of ether oxygens (including phenoxy) is 1. The highest BCUT2D eigenvalue weighted by atomic mass is 19.1. The number of aryl methyl sites for hydroxylation is 1. The van der Waals surface area contributed by atoms with Gasteiger partial charge < -0.3 is 14.0 Å². The highest BCUT2D eigenvalue weighted by molar-refractivity contribution is 5.92. The van der Waals surface area contributed by atoms with Crippen LogP contribution >= 0.6 is 0 Å². The second-order valence-electron chi connectivity index (χ2n) is 8.45. The Kier molecular flexibility index (Phi) is 5.98. The summed E-state index contributed by atoms with van der Waals surface area (Å²) < 4.78 is 21.4. The van der Waals surface area contributed by atoms with Gasteiger partial charge in [-0.1, -0.05) is 35.9 Å². The predicted molar refractivity (Wildman–Crippen MR) is 127 cm³/mol. The first-order chi connectivity index (χ1) is 16.5. The van der Waals surface area contributed by atoms with Crippen LogP contribution in [0.2, 0.25) is 0 Å². The monoisotopic (exact) mass is 459 g/mol. The van der Waals surface area contributed by atoms with Gasteiger partial charge in [-0.25, -0.2) is 14.4 Å². The standard InChI is InChI=1S/C26H26FN5O2/c1-18-6-8-19(9-7-18)24-21(32-12-4-3-5-22(32)28-24)17-30-13-15-31(16-14-30)26(33)25-20(27)10-11-23(29-25)34-2/h3-12H,13-17H2,1-2H3. The van der Waals surface area contributed by atoms with Crippen molar-refractivity contribution in [3.63, 3.8) is 0 Å². The molecule has 4 aromatic rings. The van der Waals surface area contributed by atoms with Gasteiger partial charge in [0.05, 0.1) is 18.5 Å². The number of hydrogen-bond acceptors (Lipinski definition) is 5. The van der Waals surface area contributed by atoms with Gasteiger partial charge in [0.15, 0.2) is 11.5 Å². The van der Waals surface area contributed by atoms with E-state index in [9.17, 15) is 9.18 Å². The summed E-state index contributed by atoms with van der Waals surface area (Å²) >= 11 is 0. The minimum atomic E-state index is -0.637. The van der Waals surface area contributed by atoms with Crippen LogP contribution in [0.1, 0.15) is 21.7 Å². The molecule has 174 valence electrons. The van der Waals surface area contributed by atoms with Gasteiger partial charge in [0.1, 0.15) is 5.65 Å². The molecule has 0 N–H and O–H groups in total. The first kappa shape index (κ1) is 22.0. The first-order valence-corrected chi connectivity index (χ1v) is 11.3. The van der Waals surface area contributed by atoms with Gasteiger partial charge in [-0.2, -0.15) is 0 Å². The number of pyridine rings is 2. The lowest BCUT2D eigenvalue weighted by molar-refractivity contribution is 0.0615. The lowest BCUT2D eigenvalue weighted by Gasteiger charge is -2.34. The van der Waals surface area contributed by atoms with Crippen LogP contribution in [0.5, 0.6) is 5.88 Å². The predicted octanol–water partition coefficient (Wildman–Crippen LogP) is 3.81. The van der Waals surface area contributed by atoms with Crippen molar-refractivity contribution in [2.45, 2.75) is 13.5 Å². The van der Waals surface area contributed by atoms with Crippen LogP contribution < -0.4 is 4.74 Å². The zero-order valence-corrected chi connectivity index (χ0v) is 19.2. The third kappa shape index (κ3) is 4.24. The lowest BCUT2D eigenvalue weighted by atomic mass is 10.1. The molecule has 0 bridgehead atoms. The number of rotatable bonds is 5. The van der Waals surface area contributed by atoms with E-state index in [-0.39, 0.29) is 11.6 Å². The Morgan fingerprint density at radius 2 is 1.76 bits per heavy atom. The summed E-state index contributed by atoms with van der Waals surface area (Å²) in [6.07, 6.45) is 2.03. The normalized spacial score (nSPS) is 14.5. The summed E-state index contributed by atoms with van der Waals surface area (Å²) in [4.78, 5) is 25.8. The van der Waals surface area contributed by atoms with E-state index in [4.69, 9.17) is 9.72 Å². The largest absolute Gasteiger partial charge is 0.481 e. The fraction of sp³-hybridized carbons (Fsp3) is 0.269. The molecule has 1 aliphatic rings. The van der Waals surface area contributed by atoms with Crippen LogP contribution in [0.15, 0.2) is 60.8 Å². The van der Waals surface area contributed by atoms with E-state index in [0.717, 1.165) is 22.6 Å². The Balaban J connectivity index is 1.34. The summed E-state index contributed by atoms with van der Waals surface area (Å²) in [6.45, 7) is 5.10. The van der Waals surface area contributed by atoms with Crippen molar-refractivity contribution in [2.75, 3.05) is 33.3 Å². The van der Waals surface area contributed by atoms with Crippen molar-refractivity contribution < 1.29 is 13.9 Å². The van der Waals surface area contributed by atoms with E-state index in [1.807, 2.05) is 24.4 Å². The number of benzene rings is 1. The number of carbonyl (C=O) groups excluding carboxylic acids is 1. The molecule has 0 aliphatic carbocycles. The molecule has 34 heavy (non-hydrogen) atoms. The molecule has 0 atom stereocenters. The van der Waals surface area contributed by atoms with Crippen molar-refractivity contribution in [3.05, 3.63) is 83.6 Å². The first-order valence-electron chi connectivity index (χ1n) is 11.3. The van der Waals surface area contributed by atoms with Crippen LogP contribution in [-0.2, 0) is 6.54 Å². The third-order valence-electron chi connectivity index (χ3n) is 6.22. The summed E-state index contributed by atoms with van der Waals surface area (Å²) in [5.41, 5.74) is 5.07. The Labute approximate surface area is 197 Å². The highest BCUT2D eigenvalue weighted by Gasteiger charge is 2.27. The van der Waals surface area contributed by atoms with Gasteiger partial charge in [-0.05, 0) is 25.1 Å². The topological polar surface area (TPSA) is 63.0 Å². The van der Waals surface area contributed by atoms with Gasteiger partial charge in [-0.3, -0.25) is 9.69 Å². The molecule has 0 saturated carbocycles. The van der Waals surface area contributed by atoms with Crippen LogP contribution in [-0.4, -0.2) is 63.4 Å². The molecule has 5 rings (SSSR count). The molecule has 8 heteroatoms. The molecule has 1 fully saturated rings. The van der Waals surface area contributed by atoms with Crippen molar-refractivity contribution in [2.24, 2.45) is 0 Å². The van der Waals surface area contributed by atoms with E-state index in [1.165, 1.54) is 24.8 Å². The smallest absolute Gasteiger partial charge is 0.275 e. The molecule has 0 unspecified atom stereocenters. The number of carbonyl (C=O) groups is 1. The number of methoxy groups -OCH3 is 1. The molecule has 7 nitrogen and oxygen atoms in total. The number of halogens is 1. The second-order valence-corrected chi connectivity index (χ2v) is 8.45. The summed E-state index contributed by atoms with van der Waals surface area (Å²) in [5, 5.41) is 0. The zero-order chi connectivity index (χ0) is 23.7. The van der Waals surface area contributed by atoms with Crippen molar-refractivity contribution in [1.29, 1.82) is 0 Å². The van der Waals surface area contributed by atoms with E-state index in [1.54, 1.807) is 4.90 Å². The Morgan fingerprint density at radius 1 is 1.00 bits per heavy atom. The SMILES string of the molecule is COc1ccc(F)c(C(=O)N2CCN(Cc3c(-c4ccc(C)cc4)nc4ccccn34)CC2)n1. The van der Waals surface area contributed by atoms with Crippen molar-refractivity contribution in [1.82, 2.24) is 24.2 Å². The highest BCUT2D eigenvalue weighted by Crippen LogP contribution is 2.26. The molecule has 1 aliphatic heterocycles. The van der Waals surface area contributed by atoms with E-state index >= 15 is 0 Å². The van der Waals surface area contributed by atoms with Crippen LogP contribution in [0, 0.1) is 12.7 Å². The molecule has 1 saturated heterocycles. The van der Waals surface area contributed by atoms with Gasteiger partial charge >= 0.3 is 0 Å². The fourth-order valence-corrected chi connectivity index (χ4v) is 4.30.